The predicted octanol–water partition coefficient (Wildman–Crippen LogP) is 2.94. The van der Waals surface area contributed by atoms with Gasteiger partial charge < -0.3 is 5.32 Å². The van der Waals surface area contributed by atoms with Gasteiger partial charge >= 0.3 is 0 Å². The van der Waals surface area contributed by atoms with Crippen LogP contribution in [0.3, 0.4) is 0 Å². The van der Waals surface area contributed by atoms with Crippen molar-refractivity contribution in [2.24, 2.45) is 5.92 Å². The lowest BCUT2D eigenvalue weighted by atomic mass is 10.1. The predicted molar refractivity (Wildman–Crippen MR) is 72.1 cm³/mol. The Balaban J connectivity index is 2.69. The number of rotatable bonds is 6. The molecule has 0 saturated carbocycles. The number of anilines is 1. The van der Waals surface area contributed by atoms with Crippen LogP contribution in [-0.2, 0) is 9.84 Å². The summed E-state index contributed by atoms with van der Waals surface area (Å²) in [6.07, 6.45) is 1.13. The third-order valence-corrected chi connectivity index (χ3v) is 4.70. The smallest absolute Gasteiger partial charge is 0.178 e. The van der Waals surface area contributed by atoms with E-state index in [1.54, 1.807) is 19.1 Å². The van der Waals surface area contributed by atoms with Crippen molar-refractivity contribution < 1.29 is 8.42 Å². The zero-order valence-corrected chi connectivity index (χ0v) is 11.5. The molecule has 0 bridgehead atoms. The van der Waals surface area contributed by atoms with Gasteiger partial charge in [0.2, 0.25) is 0 Å². The summed E-state index contributed by atoms with van der Waals surface area (Å²) in [5.74, 6) is 0.765. The minimum Gasteiger partial charge on any atom is -0.385 e. The van der Waals surface area contributed by atoms with Crippen molar-refractivity contribution in [1.82, 2.24) is 0 Å². The van der Waals surface area contributed by atoms with Gasteiger partial charge in [0.05, 0.1) is 10.6 Å². The van der Waals surface area contributed by atoms with Crippen LogP contribution in [0.15, 0.2) is 29.2 Å². The second-order valence-electron chi connectivity index (χ2n) is 4.32. The van der Waals surface area contributed by atoms with Gasteiger partial charge in [-0.2, -0.15) is 0 Å². The summed E-state index contributed by atoms with van der Waals surface area (Å²) in [4.78, 5) is 0.397. The van der Waals surface area contributed by atoms with Crippen LogP contribution in [0.1, 0.15) is 27.2 Å². The topological polar surface area (TPSA) is 46.2 Å². The highest BCUT2D eigenvalue weighted by atomic mass is 32.2. The maximum atomic E-state index is 11.6. The number of sulfone groups is 1. The van der Waals surface area contributed by atoms with E-state index in [9.17, 15) is 8.42 Å². The molecule has 0 spiro atoms. The lowest BCUT2D eigenvalue weighted by Crippen LogP contribution is -2.10. The third kappa shape index (κ3) is 4.04. The minimum atomic E-state index is -3.08. The molecule has 0 amide bonds. The Hall–Kier alpha value is -1.03. The number of hydrogen-bond acceptors (Lipinski definition) is 3. The van der Waals surface area contributed by atoms with Gasteiger partial charge in [0.25, 0.3) is 0 Å². The van der Waals surface area contributed by atoms with E-state index in [1.807, 2.05) is 12.1 Å². The fourth-order valence-corrected chi connectivity index (χ4v) is 2.27. The molecule has 1 N–H and O–H groups in total. The van der Waals surface area contributed by atoms with Gasteiger partial charge in [-0.3, -0.25) is 0 Å². The van der Waals surface area contributed by atoms with Crippen LogP contribution in [0, 0.1) is 5.92 Å². The Morgan fingerprint density at radius 2 is 1.76 bits per heavy atom. The van der Waals surface area contributed by atoms with Gasteiger partial charge in [0.15, 0.2) is 9.84 Å². The van der Waals surface area contributed by atoms with Gasteiger partial charge in [-0.25, -0.2) is 8.42 Å². The molecule has 0 fully saturated rings. The summed E-state index contributed by atoms with van der Waals surface area (Å²) in [7, 11) is -3.08. The molecule has 0 heterocycles. The van der Waals surface area contributed by atoms with Crippen molar-refractivity contribution in [3.05, 3.63) is 24.3 Å². The Morgan fingerprint density at radius 1 is 1.18 bits per heavy atom. The van der Waals surface area contributed by atoms with Crippen molar-refractivity contribution >= 4 is 15.5 Å². The van der Waals surface area contributed by atoms with E-state index in [4.69, 9.17) is 0 Å². The number of nitrogens with one attached hydrogen (secondary N) is 1. The maximum Gasteiger partial charge on any atom is 0.178 e. The molecule has 3 nitrogen and oxygen atoms in total. The van der Waals surface area contributed by atoms with Crippen LogP contribution in [-0.4, -0.2) is 20.7 Å². The molecule has 0 aliphatic rings. The largest absolute Gasteiger partial charge is 0.385 e. The Morgan fingerprint density at radius 3 is 2.24 bits per heavy atom. The number of benzene rings is 1. The molecule has 4 heteroatoms. The standard InChI is InChI=1S/C13H21NO2S/c1-4-11(3)10-14-12-6-8-13(9-7-12)17(15,16)5-2/h6-9,11,14H,4-5,10H2,1-3H3. The van der Waals surface area contributed by atoms with Crippen molar-refractivity contribution in [2.75, 3.05) is 17.6 Å². The molecule has 0 saturated heterocycles. The fourth-order valence-electron chi connectivity index (χ4n) is 1.38. The molecule has 17 heavy (non-hydrogen) atoms. The molecule has 1 aromatic rings. The second kappa shape index (κ2) is 6.05. The first-order chi connectivity index (χ1) is 7.99. The summed E-state index contributed by atoms with van der Waals surface area (Å²) < 4.78 is 23.2. The minimum absolute atomic E-state index is 0.145. The van der Waals surface area contributed by atoms with Gasteiger partial charge in [0, 0.05) is 12.2 Å². The van der Waals surface area contributed by atoms with Crippen molar-refractivity contribution in [1.29, 1.82) is 0 Å². The first-order valence-electron chi connectivity index (χ1n) is 6.06. The molecule has 1 aromatic carbocycles. The normalized spacial score (nSPS) is 13.4. The highest BCUT2D eigenvalue weighted by Crippen LogP contribution is 2.15. The van der Waals surface area contributed by atoms with Gasteiger partial charge in [-0.05, 0) is 30.2 Å². The van der Waals surface area contributed by atoms with E-state index in [-0.39, 0.29) is 5.75 Å². The number of hydrogen-bond donors (Lipinski definition) is 1. The van der Waals surface area contributed by atoms with Crippen LogP contribution >= 0.6 is 0 Å². The molecular weight excluding hydrogens is 234 g/mol. The van der Waals surface area contributed by atoms with Gasteiger partial charge in [-0.15, -0.1) is 0 Å². The zero-order chi connectivity index (χ0) is 12.9. The van der Waals surface area contributed by atoms with Crippen molar-refractivity contribution in [3.63, 3.8) is 0 Å². The van der Waals surface area contributed by atoms with Crippen molar-refractivity contribution in [3.8, 4) is 0 Å². The summed E-state index contributed by atoms with van der Waals surface area (Å²) in [6, 6.07) is 6.98. The molecule has 96 valence electrons. The molecule has 0 radical (unpaired) electrons. The summed E-state index contributed by atoms with van der Waals surface area (Å²) in [5.41, 5.74) is 0.973. The van der Waals surface area contributed by atoms with Crippen LogP contribution in [0.2, 0.25) is 0 Å². The van der Waals surface area contributed by atoms with E-state index in [1.165, 1.54) is 0 Å². The molecule has 0 aromatic heterocycles. The Labute approximate surface area is 104 Å². The average Bonchev–Trinajstić information content (AvgIpc) is 2.36. The third-order valence-electron chi connectivity index (χ3n) is 2.95. The molecule has 0 aliphatic heterocycles. The lowest BCUT2D eigenvalue weighted by Gasteiger charge is -2.11. The lowest BCUT2D eigenvalue weighted by molar-refractivity contribution is 0.593. The second-order valence-corrected chi connectivity index (χ2v) is 6.60. The van der Waals surface area contributed by atoms with Crippen LogP contribution in [0.25, 0.3) is 0 Å². The van der Waals surface area contributed by atoms with E-state index in [0.29, 0.717) is 10.8 Å². The monoisotopic (exact) mass is 255 g/mol. The highest BCUT2D eigenvalue weighted by Gasteiger charge is 2.10. The summed E-state index contributed by atoms with van der Waals surface area (Å²) in [5, 5.41) is 3.30. The van der Waals surface area contributed by atoms with Crippen molar-refractivity contribution in [2.45, 2.75) is 32.1 Å². The fraction of sp³-hybridized carbons (Fsp3) is 0.538. The average molecular weight is 255 g/mol. The molecule has 1 atom stereocenters. The molecular formula is C13H21NO2S. The van der Waals surface area contributed by atoms with Crippen LogP contribution in [0.4, 0.5) is 5.69 Å². The SMILES string of the molecule is CCC(C)CNc1ccc(S(=O)(=O)CC)cc1. The quantitative estimate of drug-likeness (QED) is 0.850. The molecule has 1 rings (SSSR count). The highest BCUT2D eigenvalue weighted by molar-refractivity contribution is 7.91. The Kier molecular flexibility index (Phi) is 5.00. The van der Waals surface area contributed by atoms with Crippen LogP contribution in [0.5, 0.6) is 0 Å². The first-order valence-corrected chi connectivity index (χ1v) is 7.71. The molecule has 0 aliphatic carbocycles. The van der Waals surface area contributed by atoms with E-state index >= 15 is 0 Å². The van der Waals surface area contributed by atoms with Gasteiger partial charge in [0.1, 0.15) is 0 Å². The first kappa shape index (κ1) is 14.0. The summed E-state index contributed by atoms with van der Waals surface area (Å²) >= 11 is 0. The van der Waals surface area contributed by atoms with Gasteiger partial charge in [-0.1, -0.05) is 27.2 Å². The summed E-state index contributed by atoms with van der Waals surface area (Å²) in [6.45, 7) is 6.91. The van der Waals surface area contributed by atoms with Crippen LogP contribution < -0.4 is 5.32 Å². The zero-order valence-electron chi connectivity index (χ0n) is 10.7. The molecule has 1 unspecified atom stereocenters. The maximum absolute atomic E-state index is 11.6. The Bertz CT molecular complexity index is 437. The van der Waals surface area contributed by atoms with E-state index < -0.39 is 9.84 Å². The van der Waals surface area contributed by atoms with E-state index in [2.05, 4.69) is 19.2 Å². The van der Waals surface area contributed by atoms with E-state index in [0.717, 1.165) is 18.7 Å².